The lowest BCUT2D eigenvalue weighted by molar-refractivity contribution is -0.134. The van der Waals surface area contributed by atoms with E-state index < -0.39 is 0 Å². The number of carbonyl (C=O) groups excluding carboxylic acids is 1. The lowest BCUT2D eigenvalue weighted by atomic mass is 10.1. The molecule has 2 rings (SSSR count). The molecule has 0 aromatic carbocycles. The van der Waals surface area contributed by atoms with E-state index in [0.29, 0.717) is 12.6 Å². The number of carbonyl (C=O) groups is 1. The quantitative estimate of drug-likeness (QED) is 0.737. The van der Waals surface area contributed by atoms with Gasteiger partial charge >= 0.3 is 0 Å². The number of hydrogen-bond donors (Lipinski definition) is 1. The molecule has 1 amide bonds. The second-order valence-corrected chi connectivity index (χ2v) is 5.81. The number of aliphatic hydroxyl groups is 1. The Morgan fingerprint density at radius 2 is 1.95 bits per heavy atom. The van der Waals surface area contributed by atoms with Crippen molar-refractivity contribution >= 4 is 5.91 Å². The first-order valence-corrected chi connectivity index (χ1v) is 7.48. The van der Waals surface area contributed by atoms with Crippen LogP contribution in [0.5, 0.6) is 0 Å². The summed E-state index contributed by atoms with van der Waals surface area (Å²) in [5.74, 6) is 0.256. The zero-order valence-corrected chi connectivity index (χ0v) is 12.2. The van der Waals surface area contributed by atoms with Crippen molar-refractivity contribution in [3.05, 3.63) is 0 Å². The van der Waals surface area contributed by atoms with Crippen LogP contribution in [0.15, 0.2) is 0 Å². The molecule has 110 valence electrons. The van der Waals surface area contributed by atoms with E-state index in [1.807, 2.05) is 11.9 Å². The van der Waals surface area contributed by atoms with Gasteiger partial charge in [-0.05, 0) is 26.3 Å². The van der Waals surface area contributed by atoms with Gasteiger partial charge in [-0.1, -0.05) is 6.92 Å². The monoisotopic (exact) mass is 269 g/mol. The number of hydrogen-bond acceptors (Lipinski definition) is 4. The van der Waals surface area contributed by atoms with Gasteiger partial charge in [0, 0.05) is 38.3 Å². The fourth-order valence-electron chi connectivity index (χ4n) is 2.80. The molecule has 5 nitrogen and oxygen atoms in total. The number of rotatable bonds is 6. The number of nitrogens with zero attached hydrogens (tertiary/aromatic N) is 3. The van der Waals surface area contributed by atoms with Gasteiger partial charge in [0.2, 0.25) is 5.91 Å². The van der Waals surface area contributed by atoms with E-state index >= 15 is 0 Å². The van der Waals surface area contributed by atoms with E-state index in [2.05, 4.69) is 16.7 Å². The Bertz CT molecular complexity index is 295. The number of piperazine rings is 1. The molecule has 5 heteroatoms. The molecular weight excluding hydrogens is 242 g/mol. The minimum absolute atomic E-state index is 0.217. The zero-order chi connectivity index (χ0) is 13.8. The highest BCUT2D eigenvalue weighted by Gasteiger charge is 2.30. The van der Waals surface area contributed by atoms with Crippen LogP contribution in [0.25, 0.3) is 0 Å². The van der Waals surface area contributed by atoms with Gasteiger partial charge in [0.15, 0.2) is 0 Å². The van der Waals surface area contributed by atoms with Crippen molar-refractivity contribution in [1.29, 1.82) is 0 Å². The smallest absolute Gasteiger partial charge is 0.236 e. The fourth-order valence-corrected chi connectivity index (χ4v) is 2.80. The van der Waals surface area contributed by atoms with Crippen LogP contribution in [-0.4, -0.2) is 84.2 Å². The lowest BCUT2D eigenvalue weighted by Gasteiger charge is -2.38. The summed E-state index contributed by atoms with van der Waals surface area (Å²) in [6, 6.07) is 0.899. The SMILES string of the molecule is CCC(CO)N1CCN(C(=O)CN(C)C2CC2)CC1. The third kappa shape index (κ3) is 3.91. The van der Waals surface area contributed by atoms with Gasteiger partial charge in [-0.3, -0.25) is 14.6 Å². The number of likely N-dealkylation sites (N-methyl/N-ethyl adjacent to an activating group) is 1. The topological polar surface area (TPSA) is 47.0 Å². The normalized spacial score (nSPS) is 22.8. The summed E-state index contributed by atoms with van der Waals surface area (Å²) >= 11 is 0. The molecule has 1 saturated heterocycles. The van der Waals surface area contributed by atoms with Gasteiger partial charge < -0.3 is 10.0 Å². The van der Waals surface area contributed by atoms with Crippen LogP contribution in [0.1, 0.15) is 26.2 Å². The van der Waals surface area contributed by atoms with E-state index in [-0.39, 0.29) is 18.6 Å². The summed E-state index contributed by atoms with van der Waals surface area (Å²) in [6.45, 7) is 6.25. The van der Waals surface area contributed by atoms with Crippen LogP contribution in [0.4, 0.5) is 0 Å². The Morgan fingerprint density at radius 1 is 1.32 bits per heavy atom. The first-order valence-electron chi connectivity index (χ1n) is 7.48. The van der Waals surface area contributed by atoms with Crippen LogP contribution in [0.2, 0.25) is 0 Å². The van der Waals surface area contributed by atoms with Crippen LogP contribution in [0.3, 0.4) is 0 Å². The van der Waals surface area contributed by atoms with Crippen LogP contribution in [0, 0.1) is 0 Å². The van der Waals surface area contributed by atoms with Gasteiger partial charge in [-0.2, -0.15) is 0 Å². The molecule has 2 fully saturated rings. The maximum atomic E-state index is 12.2. The standard InChI is InChI=1S/C14H27N3O2/c1-3-12(11-18)16-6-8-17(9-7-16)14(19)10-15(2)13-4-5-13/h12-13,18H,3-11H2,1-2H3. The molecule has 1 aliphatic heterocycles. The molecule has 1 unspecified atom stereocenters. The zero-order valence-electron chi connectivity index (χ0n) is 12.2. The summed E-state index contributed by atoms with van der Waals surface area (Å²) in [6.07, 6.45) is 3.45. The fraction of sp³-hybridized carbons (Fsp3) is 0.929. The molecule has 0 spiro atoms. The largest absolute Gasteiger partial charge is 0.395 e. The minimum atomic E-state index is 0.217. The van der Waals surface area contributed by atoms with Crippen LogP contribution < -0.4 is 0 Å². The molecule has 19 heavy (non-hydrogen) atoms. The second-order valence-electron chi connectivity index (χ2n) is 5.81. The van der Waals surface area contributed by atoms with Gasteiger partial charge in [-0.15, -0.1) is 0 Å². The average molecular weight is 269 g/mol. The van der Waals surface area contributed by atoms with Crippen molar-refractivity contribution in [2.45, 2.75) is 38.3 Å². The highest BCUT2D eigenvalue weighted by Crippen LogP contribution is 2.25. The summed E-state index contributed by atoms with van der Waals surface area (Å²) in [5, 5.41) is 9.31. The average Bonchev–Trinajstić information content (AvgIpc) is 3.25. The van der Waals surface area contributed by atoms with Crippen molar-refractivity contribution < 1.29 is 9.90 Å². The predicted octanol–water partition coefficient (Wildman–Crippen LogP) is -0.00430. The predicted molar refractivity (Wildman–Crippen MR) is 75.0 cm³/mol. The first kappa shape index (κ1) is 14.8. The van der Waals surface area contributed by atoms with E-state index in [1.54, 1.807) is 0 Å². The molecule has 1 atom stereocenters. The molecule has 1 aliphatic carbocycles. The summed E-state index contributed by atoms with van der Waals surface area (Å²) in [4.78, 5) is 18.6. The maximum absolute atomic E-state index is 12.2. The third-order valence-corrected chi connectivity index (χ3v) is 4.42. The maximum Gasteiger partial charge on any atom is 0.236 e. The number of amides is 1. The van der Waals surface area contributed by atoms with Crippen molar-refractivity contribution in [3.63, 3.8) is 0 Å². The van der Waals surface area contributed by atoms with Gasteiger partial charge in [0.25, 0.3) is 0 Å². The molecular formula is C14H27N3O2. The summed E-state index contributed by atoms with van der Waals surface area (Å²) < 4.78 is 0. The van der Waals surface area contributed by atoms with E-state index in [1.165, 1.54) is 12.8 Å². The second kappa shape index (κ2) is 6.68. The molecule has 1 heterocycles. The third-order valence-electron chi connectivity index (χ3n) is 4.42. The van der Waals surface area contributed by atoms with Crippen LogP contribution >= 0.6 is 0 Å². The molecule has 0 bridgehead atoms. The Kier molecular flexibility index (Phi) is 5.19. The van der Waals surface area contributed by atoms with Crippen molar-refractivity contribution in [3.8, 4) is 0 Å². The van der Waals surface area contributed by atoms with Gasteiger partial charge in [-0.25, -0.2) is 0 Å². The molecule has 1 saturated carbocycles. The summed E-state index contributed by atoms with van der Waals surface area (Å²) in [7, 11) is 2.05. The molecule has 0 aromatic heterocycles. The van der Waals surface area contributed by atoms with E-state index in [9.17, 15) is 9.90 Å². The van der Waals surface area contributed by atoms with Gasteiger partial charge in [0.05, 0.1) is 13.2 Å². The Labute approximate surface area is 116 Å². The molecule has 1 N–H and O–H groups in total. The number of aliphatic hydroxyl groups excluding tert-OH is 1. The first-order chi connectivity index (χ1) is 9.15. The van der Waals surface area contributed by atoms with Gasteiger partial charge in [0.1, 0.15) is 0 Å². The Morgan fingerprint density at radius 3 is 2.42 bits per heavy atom. The van der Waals surface area contributed by atoms with Crippen molar-refractivity contribution in [2.24, 2.45) is 0 Å². The van der Waals surface area contributed by atoms with Crippen molar-refractivity contribution in [1.82, 2.24) is 14.7 Å². The Balaban J connectivity index is 1.74. The highest BCUT2D eigenvalue weighted by molar-refractivity contribution is 5.78. The van der Waals surface area contributed by atoms with E-state index in [0.717, 1.165) is 32.6 Å². The Hall–Kier alpha value is -0.650. The minimum Gasteiger partial charge on any atom is -0.395 e. The van der Waals surface area contributed by atoms with Crippen LogP contribution in [-0.2, 0) is 4.79 Å². The summed E-state index contributed by atoms with van der Waals surface area (Å²) in [5.41, 5.74) is 0. The molecule has 2 aliphatic rings. The lowest BCUT2D eigenvalue weighted by Crippen LogP contribution is -2.54. The van der Waals surface area contributed by atoms with Crippen molar-refractivity contribution in [2.75, 3.05) is 46.4 Å². The van der Waals surface area contributed by atoms with E-state index in [4.69, 9.17) is 0 Å². The molecule has 0 radical (unpaired) electrons. The highest BCUT2D eigenvalue weighted by atomic mass is 16.3. The molecule has 0 aromatic rings.